The molecule has 0 bridgehead atoms. The Morgan fingerprint density at radius 3 is 2.11 bits per heavy atom. The lowest BCUT2D eigenvalue weighted by atomic mass is 10.2. The maximum Gasteiger partial charge on any atom is 0.279 e. The van der Waals surface area contributed by atoms with Crippen LogP contribution in [0.25, 0.3) is 0 Å². The predicted molar refractivity (Wildman–Crippen MR) is 105 cm³/mol. The zero-order valence-electron chi connectivity index (χ0n) is 15.1. The first-order chi connectivity index (χ1) is 12.9. The van der Waals surface area contributed by atoms with Gasteiger partial charge in [0.2, 0.25) is 0 Å². The van der Waals surface area contributed by atoms with Crippen LogP contribution < -0.4 is 20.9 Å². The number of quaternary nitrogens is 1. The molecular formula is C19H22ClN4O3+. The SMILES string of the molecule is CNC(=O)c1cccc(NC(=O)C[NH+](C)CC(=O)Nc2ccc(Cl)cc2)c1. The summed E-state index contributed by atoms with van der Waals surface area (Å²) in [6.07, 6.45) is 0. The molecule has 1 atom stereocenters. The Kier molecular flexibility index (Phi) is 7.34. The van der Waals surface area contributed by atoms with E-state index in [-0.39, 0.29) is 30.8 Å². The van der Waals surface area contributed by atoms with Crippen molar-refractivity contribution in [3.05, 3.63) is 59.1 Å². The number of hydrogen-bond donors (Lipinski definition) is 4. The molecule has 1 unspecified atom stereocenters. The zero-order valence-corrected chi connectivity index (χ0v) is 15.9. The number of rotatable bonds is 7. The predicted octanol–water partition coefficient (Wildman–Crippen LogP) is 0.792. The Morgan fingerprint density at radius 2 is 1.52 bits per heavy atom. The van der Waals surface area contributed by atoms with Crippen LogP contribution in [0.1, 0.15) is 10.4 Å². The number of carbonyl (C=O) groups excluding carboxylic acids is 3. The van der Waals surface area contributed by atoms with Crippen molar-refractivity contribution in [3.8, 4) is 0 Å². The second-order valence-electron chi connectivity index (χ2n) is 6.07. The van der Waals surface area contributed by atoms with Gasteiger partial charge in [-0.3, -0.25) is 14.4 Å². The van der Waals surface area contributed by atoms with Gasteiger partial charge in [-0.15, -0.1) is 0 Å². The van der Waals surface area contributed by atoms with Crippen LogP contribution in [0.5, 0.6) is 0 Å². The lowest BCUT2D eigenvalue weighted by Crippen LogP contribution is -3.11. The number of anilines is 2. The highest BCUT2D eigenvalue weighted by molar-refractivity contribution is 6.30. The minimum Gasteiger partial charge on any atom is -0.355 e. The van der Waals surface area contributed by atoms with E-state index in [1.807, 2.05) is 0 Å². The van der Waals surface area contributed by atoms with Crippen molar-refractivity contribution in [2.75, 3.05) is 37.8 Å². The minimum atomic E-state index is -0.249. The minimum absolute atomic E-state index is 0.109. The number of amides is 3. The first-order valence-corrected chi connectivity index (χ1v) is 8.74. The van der Waals surface area contributed by atoms with Crippen molar-refractivity contribution in [3.63, 3.8) is 0 Å². The molecule has 4 N–H and O–H groups in total. The summed E-state index contributed by atoms with van der Waals surface area (Å²) >= 11 is 5.81. The van der Waals surface area contributed by atoms with Gasteiger partial charge in [-0.2, -0.15) is 0 Å². The average Bonchev–Trinajstić information content (AvgIpc) is 2.62. The van der Waals surface area contributed by atoms with Gasteiger partial charge < -0.3 is 20.9 Å². The van der Waals surface area contributed by atoms with Crippen LogP contribution in [-0.4, -0.2) is 44.9 Å². The fourth-order valence-corrected chi connectivity index (χ4v) is 2.56. The maximum atomic E-state index is 12.2. The van der Waals surface area contributed by atoms with Crippen LogP contribution in [0.4, 0.5) is 11.4 Å². The molecule has 0 radical (unpaired) electrons. The Hall–Kier alpha value is -2.90. The van der Waals surface area contributed by atoms with E-state index < -0.39 is 0 Å². The number of benzene rings is 2. The number of likely N-dealkylation sites (N-methyl/N-ethyl adjacent to an activating group) is 1. The van der Waals surface area contributed by atoms with E-state index in [4.69, 9.17) is 11.6 Å². The molecule has 0 heterocycles. The molecule has 8 heteroatoms. The van der Waals surface area contributed by atoms with E-state index in [1.165, 1.54) is 0 Å². The summed E-state index contributed by atoms with van der Waals surface area (Å²) in [4.78, 5) is 36.6. The summed E-state index contributed by atoms with van der Waals surface area (Å²) in [6.45, 7) is 0.243. The fourth-order valence-electron chi connectivity index (χ4n) is 2.44. The molecule has 0 aliphatic rings. The lowest BCUT2D eigenvalue weighted by Gasteiger charge is -2.14. The van der Waals surface area contributed by atoms with Crippen LogP contribution in [-0.2, 0) is 9.59 Å². The highest BCUT2D eigenvalue weighted by Crippen LogP contribution is 2.13. The molecule has 0 fully saturated rings. The molecule has 2 aromatic carbocycles. The van der Waals surface area contributed by atoms with Gasteiger partial charge in [0.1, 0.15) is 0 Å². The van der Waals surface area contributed by atoms with Gasteiger partial charge >= 0.3 is 0 Å². The first-order valence-electron chi connectivity index (χ1n) is 8.36. The van der Waals surface area contributed by atoms with Crippen LogP contribution in [0.3, 0.4) is 0 Å². The van der Waals surface area contributed by atoms with Crippen LogP contribution >= 0.6 is 11.6 Å². The van der Waals surface area contributed by atoms with E-state index in [2.05, 4.69) is 16.0 Å². The zero-order chi connectivity index (χ0) is 19.8. The van der Waals surface area contributed by atoms with Gasteiger partial charge in [0.15, 0.2) is 13.1 Å². The Labute approximate surface area is 162 Å². The van der Waals surface area contributed by atoms with Crippen molar-refractivity contribution < 1.29 is 19.3 Å². The molecule has 0 saturated carbocycles. The summed E-state index contributed by atoms with van der Waals surface area (Å²) in [5.74, 6) is -0.683. The molecule has 142 valence electrons. The maximum absolute atomic E-state index is 12.2. The Bertz CT molecular complexity index is 824. The largest absolute Gasteiger partial charge is 0.355 e. The smallest absolute Gasteiger partial charge is 0.279 e. The van der Waals surface area contributed by atoms with Crippen LogP contribution in [0.15, 0.2) is 48.5 Å². The molecule has 2 rings (SSSR count). The third-order valence-corrected chi connectivity index (χ3v) is 3.94. The molecule has 27 heavy (non-hydrogen) atoms. The summed E-state index contributed by atoms with van der Waals surface area (Å²) in [5, 5.41) is 8.61. The van der Waals surface area contributed by atoms with Gasteiger partial charge in [0.25, 0.3) is 17.7 Å². The molecule has 0 aromatic heterocycles. The quantitative estimate of drug-likeness (QED) is 0.564. The van der Waals surface area contributed by atoms with E-state index in [9.17, 15) is 14.4 Å². The van der Waals surface area contributed by atoms with Crippen molar-refractivity contribution in [2.45, 2.75) is 0 Å². The number of hydrogen-bond acceptors (Lipinski definition) is 3. The van der Waals surface area contributed by atoms with Gasteiger partial charge in [-0.1, -0.05) is 17.7 Å². The van der Waals surface area contributed by atoms with Crippen molar-refractivity contribution in [1.29, 1.82) is 0 Å². The summed E-state index contributed by atoms with van der Waals surface area (Å²) in [5.41, 5.74) is 1.63. The molecule has 7 nitrogen and oxygen atoms in total. The molecule has 0 spiro atoms. The third-order valence-electron chi connectivity index (χ3n) is 3.69. The van der Waals surface area contributed by atoms with Gasteiger partial charge in [-0.25, -0.2) is 0 Å². The second kappa shape index (κ2) is 9.70. The van der Waals surface area contributed by atoms with Gasteiger partial charge in [-0.05, 0) is 42.5 Å². The van der Waals surface area contributed by atoms with E-state index in [0.717, 1.165) is 4.90 Å². The van der Waals surface area contributed by atoms with E-state index in [0.29, 0.717) is 22.0 Å². The van der Waals surface area contributed by atoms with Crippen LogP contribution in [0, 0.1) is 0 Å². The topological polar surface area (TPSA) is 91.7 Å². The average molecular weight is 390 g/mol. The second-order valence-corrected chi connectivity index (χ2v) is 6.51. The third kappa shape index (κ3) is 6.73. The first kappa shape index (κ1) is 20.4. The van der Waals surface area contributed by atoms with Crippen LogP contribution in [0.2, 0.25) is 5.02 Å². The van der Waals surface area contributed by atoms with E-state index >= 15 is 0 Å². The molecule has 2 aromatic rings. The van der Waals surface area contributed by atoms with Crippen molar-refractivity contribution in [1.82, 2.24) is 5.32 Å². The van der Waals surface area contributed by atoms with E-state index in [1.54, 1.807) is 62.6 Å². The lowest BCUT2D eigenvalue weighted by molar-refractivity contribution is -0.862. The number of carbonyl (C=O) groups is 3. The summed E-state index contributed by atoms with van der Waals surface area (Å²) in [7, 11) is 3.29. The summed E-state index contributed by atoms with van der Waals surface area (Å²) < 4.78 is 0. The van der Waals surface area contributed by atoms with Crippen molar-refractivity contribution in [2.24, 2.45) is 0 Å². The molecule has 0 aliphatic carbocycles. The monoisotopic (exact) mass is 389 g/mol. The highest BCUT2D eigenvalue weighted by atomic mass is 35.5. The molecular weight excluding hydrogens is 368 g/mol. The number of halogens is 1. The summed E-state index contributed by atoms with van der Waals surface area (Å²) in [6, 6.07) is 13.4. The fraction of sp³-hybridized carbons (Fsp3) is 0.211. The van der Waals surface area contributed by atoms with Gasteiger partial charge in [0, 0.05) is 29.0 Å². The Morgan fingerprint density at radius 1 is 0.926 bits per heavy atom. The highest BCUT2D eigenvalue weighted by Gasteiger charge is 2.15. The standard InChI is InChI=1S/C19H21ClN4O3/c1-21-19(27)13-4-3-5-16(10-13)23-18(26)12-24(2)11-17(25)22-15-8-6-14(20)7-9-15/h3-10H,11-12H2,1-2H3,(H,21,27)(H,22,25)(H,23,26)/p+1. The normalized spacial score (nSPS) is 11.4. The molecule has 3 amide bonds. The molecule has 0 aliphatic heterocycles. The number of nitrogens with one attached hydrogen (secondary N) is 4. The Balaban J connectivity index is 1.83. The molecule has 0 saturated heterocycles. The van der Waals surface area contributed by atoms with Gasteiger partial charge in [0.05, 0.1) is 7.05 Å². The van der Waals surface area contributed by atoms with Crippen molar-refractivity contribution >= 4 is 40.7 Å².